The van der Waals surface area contributed by atoms with Crippen molar-refractivity contribution in [3.8, 4) is 0 Å². The molecule has 1 heterocycles. The molecule has 0 radical (unpaired) electrons. The molecule has 0 fully saturated rings. The van der Waals surface area contributed by atoms with Crippen LogP contribution in [-0.2, 0) is 0 Å². The summed E-state index contributed by atoms with van der Waals surface area (Å²) in [6.07, 6.45) is 0.984. The molecule has 1 aromatic heterocycles. The SMILES string of the molecule is CCC(C)Nc1ccc(C(=O)Nc2cccc(Cl)c2C)nn1. The van der Waals surface area contributed by atoms with Crippen LogP contribution in [0.4, 0.5) is 11.5 Å². The Bertz CT molecular complexity index is 658. The molecule has 2 aromatic rings. The summed E-state index contributed by atoms with van der Waals surface area (Å²) in [5, 5.41) is 14.6. The zero-order valence-corrected chi connectivity index (χ0v) is 13.6. The second-order valence-electron chi connectivity index (χ2n) is 5.12. The van der Waals surface area contributed by atoms with Crippen molar-refractivity contribution < 1.29 is 4.79 Å². The van der Waals surface area contributed by atoms with Gasteiger partial charge in [0.1, 0.15) is 5.82 Å². The molecule has 1 amide bonds. The van der Waals surface area contributed by atoms with Gasteiger partial charge in [-0.3, -0.25) is 4.79 Å². The molecule has 0 saturated heterocycles. The van der Waals surface area contributed by atoms with E-state index in [1.54, 1.807) is 30.3 Å². The maximum atomic E-state index is 12.2. The molecule has 0 aliphatic heterocycles. The highest BCUT2D eigenvalue weighted by Crippen LogP contribution is 2.23. The Morgan fingerprint density at radius 3 is 2.68 bits per heavy atom. The van der Waals surface area contributed by atoms with E-state index in [9.17, 15) is 4.79 Å². The van der Waals surface area contributed by atoms with Gasteiger partial charge in [-0.05, 0) is 50.1 Å². The summed E-state index contributed by atoms with van der Waals surface area (Å²) in [5.74, 6) is 0.345. The first-order valence-electron chi connectivity index (χ1n) is 7.18. The number of carbonyl (C=O) groups is 1. The van der Waals surface area contributed by atoms with E-state index in [0.29, 0.717) is 22.6 Å². The average molecular weight is 319 g/mol. The molecule has 0 aliphatic rings. The number of rotatable bonds is 5. The van der Waals surface area contributed by atoms with Crippen molar-refractivity contribution in [3.63, 3.8) is 0 Å². The third-order valence-corrected chi connectivity index (χ3v) is 3.83. The fraction of sp³-hybridized carbons (Fsp3) is 0.312. The first-order valence-corrected chi connectivity index (χ1v) is 7.55. The Kier molecular flexibility index (Phi) is 5.33. The van der Waals surface area contributed by atoms with E-state index in [1.165, 1.54) is 0 Å². The summed E-state index contributed by atoms with van der Waals surface area (Å²) >= 11 is 6.04. The largest absolute Gasteiger partial charge is 0.366 e. The van der Waals surface area contributed by atoms with Crippen molar-refractivity contribution in [1.29, 1.82) is 0 Å². The Labute approximate surface area is 135 Å². The third-order valence-electron chi connectivity index (χ3n) is 3.42. The Morgan fingerprint density at radius 1 is 1.27 bits per heavy atom. The molecule has 2 N–H and O–H groups in total. The minimum Gasteiger partial charge on any atom is -0.366 e. The number of anilines is 2. The molecule has 0 aliphatic carbocycles. The van der Waals surface area contributed by atoms with Gasteiger partial charge >= 0.3 is 0 Å². The minimum absolute atomic E-state index is 0.258. The van der Waals surface area contributed by atoms with Gasteiger partial charge in [-0.25, -0.2) is 0 Å². The van der Waals surface area contributed by atoms with Crippen LogP contribution in [0.2, 0.25) is 5.02 Å². The highest BCUT2D eigenvalue weighted by Gasteiger charge is 2.11. The van der Waals surface area contributed by atoms with Gasteiger partial charge in [0.15, 0.2) is 5.69 Å². The molecule has 0 bridgehead atoms. The zero-order valence-electron chi connectivity index (χ0n) is 12.9. The summed E-state index contributed by atoms with van der Waals surface area (Å²) in [7, 11) is 0. The van der Waals surface area contributed by atoms with Crippen LogP contribution >= 0.6 is 11.6 Å². The second-order valence-corrected chi connectivity index (χ2v) is 5.53. The Hall–Kier alpha value is -2.14. The number of benzene rings is 1. The van der Waals surface area contributed by atoms with E-state index in [0.717, 1.165) is 12.0 Å². The highest BCUT2D eigenvalue weighted by molar-refractivity contribution is 6.31. The molecule has 1 atom stereocenters. The molecule has 6 heteroatoms. The van der Waals surface area contributed by atoms with E-state index >= 15 is 0 Å². The van der Waals surface area contributed by atoms with Crippen molar-refractivity contribution in [2.75, 3.05) is 10.6 Å². The van der Waals surface area contributed by atoms with Gasteiger partial charge in [0.25, 0.3) is 5.91 Å². The van der Waals surface area contributed by atoms with E-state index in [2.05, 4.69) is 34.7 Å². The van der Waals surface area contributed by atoms with Crippen LogP contribution in [0, 0.1) is 6.92 Å². The van der Waals surface area contributed by atoms with Gasteiger partial charge in [0.2, 0.25) is 0 Å². The van der Waals surface area contributed by atoms with E-state index in [4.69, 9.17) is 11.6 Å². The fourth-order valence-corrected chi connectivity index (χ4v) is 1.99. The molecule has 0 saturated carbocycles. The van der Waals surface area contributed by atoms with Crippen molar-refractivity contribution in [2.45, 2.75) is 33.2 Å². The molecule has 1 aromatic carbocycles. The molecular formula is C16H19ClN4O. The van der Waals surface area contributed by atoms with Crippen molar-refractivity contribution in [2.24, 2.45) is 0 Å². The van der Waals surface area contributed by atoms with E-state index < -0.39 is 0 Å². The van der Waals surface area contributed by atoms with Crippen LogP contribution in [0.25, 0.3) is 0 Å². The molecule has 116 valence electrons. The van der Waals surface area contributed by atoms with Gasteiger partial charge in [-0.1, -0.05) is 24.6 Å². The normalized spacial score (nSPS) is 11.8. The molecule has 1 unspecified atom stereocenters. The number of halogens is 1. The van der Waals surface area contributed by atoms with Crippen LogP contribution in [-0.4, -0.2) is 22.1 Å². The van der Waals surface area contributed by atoms with Gasteiger partial charge in [0, 0.05) is 16.8 Å². The third kappa shape index (κ3) is 3.95. The number of nitrogens with one attached hydrogen (secondary N) is 2. The fourth-order valence-electron chi connectivity index (χ4n) is 1.81. The molecule has 0 spiro atoms. The van der Waals surface area contributed by atoms with Crippen molar-refractivity contribution in [3.05, 3.63) is 46.6 Å². The number of carbonyl (C=O) groups excluding carboxylic acids is 1. The van der Waals surface area contributed by atoms with Crippen LogP contribution in [0.1, 0.15) is 36.3 Å². The quantitative estimate of drug-likeness (QED) is 0.877. The Morgan fingerprint density at radius 2 is 2.05 bits per heavy atom. The summed E-state index contributed by atoms with van der Waals surface area (Å²) < 4.78 is 0. The number of amides is 1. The topological polar surface area (TPSA) is 66.9 Å². The number of nitrogens with zero attached hydrogens (tertiary/aromatic N) is 2. The van der Waals surface area contributed by atoms with E-state index in [-0.39, 0.29) is 11.6 Å². The lowest BCUT2D eigenvalue weighted by atomic mass is 10.2. The maximum absolute atomic E-state index is 12.2. The molecule has 22 heavy (non-hydrogen) atoms. The number of hydrogen-bond donors (Lipinski definition) is 2. The lowest BCUT2D eigenvalue weighted by Gasteiger charge is -2.12. The zero-order chi connectivity index (χ0) is 16.1. The molecule has 5 nitrogen and oxygen atoms in total. The van der Waals surface area contributed by atoms with Gasteiger partial charge in [0.05, 0.1) is 0 Å². The van der Waals surface area contributed by atoms with Crippen LogP contribution < -0.4 is 10.6 Å². The molecular weight excluding hydrogens is 300 g/mol. The summed E-state index contributed by atoms with van der Waals surface area (Å²) in [6, 6.07) is 9.07. The van der Waals surface area contributed by atoms with Crippen molar-refractivity contribution in [1.82, 2.24) is 10.2 Å². The van der Waals surface area contributed by atoms with Crippen LogP contribution in [0.3, 0.4) is 0 Å². The standard InChI is InChI=1S/C16H19ClN4O/c1-4-10(2)18-15-9-8-14(20-21-15)16(22)19-13-7-5-6-12(17)11(13)3/h5-10H,4H2,1-3H3,(H,18,21)(H,19,22). The predicted octanol–water partition coefficient (Wildman–Crippen LogP) is 3.90. The van der Waals surface area contributed by atoms with Gasteiger partial charge < -0.3 is 10.6 Å². The number of aromatic nitrogens is 2. The summed E-state index contributed by atoms with van der Waals surface area (Å²) in [4.78, 5) is 12.2. The molecule has 2 rings (SSSR count). The second kappa shape index (κ2) is 7.22. The summed E-state index contributed by atoms with van der Waals surface area (Å²) in [6.45, 7) is 5.99. The smallest absolute Gasteiger partial charge is 0.276 e. The highest BCUT2D eigenvalue weighted by atomic mass is 35.5. The predicted molar refractivity (Wildman–Crippen MR) is 89.5 cm³/mol. The first-order chi connectivity index (χ1) is 10.5. The average Bonchev–Trinajstić information content (AvgIpc) is 2.52. The van der Waals surface area contributed by atoms with Crippen LogP contribution in [0.15, 0.2) is 30.3 Å². The Balaban J connectivity index is 2.08. The van der Waals surface area contributed by atoms with Crippen molar-refractivity contribution >= 4 is 29.0 Å². The lowest BCUT2D eigenvalue weighted by molar-refractivity contribution is 0.102. The summed E-state index contributed by atoms with van der Waals surface area (Å²) in [5.41, 5.74) is 1.75. The number of hydrogen-bond acceptors (Lipinski definition) is 4. The van der Waals surface area contributed by atoms with Gasteiger partial charge in [-0.15, -0.1) is 10.2 Å². The van der Waals surface area contributed by atoms with E-state index in [1.807, 2.05) is 6.92 Å². The monoisotopic (exact) mass is 318 g/mol. The lowest BCUT2D eigenvalue weighted by Crippen LogP contribution is -2.18. The van der Waals surface area contributed by atoms with Gasteiger partial charge in [-0.2, -0.15) is 0 Å². The van der Waals surface area contributed by atoms with Crippen LogP contribution in [0.5, 0.6) is 0 Å². The minimum atomic E-state index is -0.312. The maximum Gasteiger partial charge on any atom is 0.276 e. The first kappa shape index (κ1) is 16.2.